The third kappa shape index (κ3) is 14.6. The SMILES string of the molecule is CCCCC([N+]1=C(C=CC=CC=CC=C2N(CCCS(=O)(=O)O)c3cc(I)c(I)c(I)c3C2(C)CCCCCC(=O)O)C(C)(CCCCS(=O)(=O)O)c2cc(S(=O)(=O)[O-])ccc21)S(=O)(=O)O. The molecule has 0 bridgehead atoms. The van der Waals surface area contributed by atoms with Crippen LogP contribution in [-0.2, 0) is 56.1 Å². The zero-order valence-corrected chi connectivity index (χ0v) is 46.3. The number of fused-ring (bicyclic) bond motifs is 2. The van der Waals surface area contributed by atoms with Crippen molar-refractivity contribution in [2.75, 3.05) is 23.0 Å². The van der Waals surface area contributed by atoms with Gasteiger partial charge in [-0.05, 0) is 144 Å². The Morgan fingerprint density at radius 1 is 0.788 bits per heavy atom. The second-order valence-corrected chi connectivity index (χ2v) is 26.1. The number of carbonyl (C=O) groups is 1. The molecule has 2 aliphatic heterocycles. The summed E-state index contributed by atoms with van der Waals surface area (Å²) in [6.45, 7) is 5.96. The first-order chi connectivity index (χ1) is 30.6. The first kappa shape index (κ1) is 56.8. The fourth-order valence-corrected chi connectivity index (χ4v) is 13.9. The molecule has 23 heteroatoms. The van der Waals surface area contributed by atoms with Crippen LogP contribution in [-0.4, -0.2) is 96.7 Å². The van der Waals surface area contributed by atoms with Gasteiger partial charge in [-0.2, -0.15) is 29.8 Å². The monoisotopic (exact) mass is 1330 g/mol. The van der Waals surface area contributed by atoms with Crippen molar-refractivity contribution in [1.29, 1.82) is 0 Å². The number of benzene rings is 2. The summed E-state index contributed by atoms with van der Waals surface area (Å²) in [5.74, 6) is -1.85. The van der Waals surface area contributed by atoms with Gasteiger partial charge in [0.05, 0.1) is 21.8 Å². The van der Waals surface area contributed by atoms with Gasteiger partial charge in [0.1, 0.15) is 10.1 Å². The minimum Gasteiger partial charge on any atom is -0.744 e. The van der Waals surface area contributed by atoms with Gasteiger partial charge >= 0.3 is 16.1 Å². The van der Waals surface area contributed by atoms with Crippen molar-refractivity contribution >= 4 is 131 Å². The lowest BCUT2D eigenvalue weighted by molar-refractivity contribution is -0.458. The lowest BCUT2D eigenvalue weighted by atomic mass is 9.75. The molecule has 2 aromatic rings. The molecule has 0 aromatic heterocycles. The summed E-state index contributed by atoms with van der Waals surface area (Å²) in [5, 5.41) is 7.71. The summed E-state index contributed by atoms with van der Waals surface area (Å²) in [6.07, 6.45) is 16.3. The molecule has 0 fully saturated rings. The van der Waals surface area contributed by atoms with E-state index in [9.17, 15) is 61.8 Å². The molecule has 2 aromatic carbocycles. The van der Waals surface area contributed by atoms with E-state index in [2.05, 4.69) is 85.7 Å². The number of hydrogen-bond donors (Lipinski definition) is 4. The van der Waals surface area contributed by atoms with Crippen LogP contribution in [0.2, 0.25) is 0 Å². The number of anilines is 1. The van der Waals surface area contributed by atoms with E-state index >= 15 is 0 Å². The van der Waals surface area contributed by atoms with Crippen LogP contribution in [0.5, 0.6) is 0 Å². The topological polar surface area (TPSA) is 264 Å². The van der Waals surface area contributed by atoms with Crippen molar-refractivity contribution < 1.29 is 66.4 Å². The Bertz CT molecular complexity index is 2770. The van der Waals surface area contributed by atoms with Gasteiger partial charge in [-0.25, -0.2) is 8.42 Å². The third-order valence-electron chi connectivity index (χ3n) is 11.8. The van der Waals surface area contributed by atoms with Crippen LogP contribution < -0.4 is 4.90 Å². The van der Waals surface area contributed by atoms with E-state index in [1.807, 2.05) is 19.1 Å². The fourth-order valence-electron chi connectivity index (χ4n) is 8.71. The van der Waals surface area contributed by atoms with E-state index in [-0.39, 0.29) is 56.3 Å². The number of halogens is 3. The molecule has 0 aliphatic carbocycles. The number of allylic oxidation sites excluding steroid dienone is 8. The first-order valence-electron chi connectivity index (χ1n) is 21.1. The van der Waals surface area contributed by atoms with Crippen molar-refractivity contribution in [1.82, 2.24) is 0 Å². The van der Waals surface area contributed by atoms with Crippen LogP contribution >= 0.6 is 67.8 Å². The van der Waals surface area contributed by atoms with Crippen LogP contribution in [0.4, 0.5) is 11.4 Å². The van der Waals surface area contributed by atoms with Gasteiger partial charge < -0.3 is 14.6 Å². The lowest BCUT2D eigenvalue weighted by Gasteiger charge is -2.31. The largest absolute Gasteiger partial charge is 0.744 e. The van der Waals surface area contributed by atoms with Crippen LogP contribution in [0.3, 0.4) is 0 Å². The third-order valence-corrected chi connectivity index (χ3v) is 20.5. The zero-order valence-electron chi connectivity index (χ0n) is 36.6. The van der Waals surface area contributed by atoms with Crippen molar-refractivity contribution in [3.63, 3.8) is 0 Å². The van der Waals surface area contributed by atoms with Crippen molar-refractivity contribution in [3.8, 4) is 0 Å². The van der Waals surface area contributed by atoms with E-state index in [1.54, 1.807) is 37.3 Å². The molecule has 4 rings (SSSR count). The number of aliphatic carboxylic acids is 1. The zero-order chi connectivity index (χ0) is 49.5. The molecule has 0 saturated heterocycles. The molecule has 0 amide bonds. The van der Waals surface area contributed by atoms with E-state index in [0.29, 0.717) is 37.8 Å². The van der Waals surface area contributed by atoms with Gasteiger partial charge in [0.25, 0.3) is 25.6 Å². The highest BCUT2D eigenvalue weighted by Crippen LogP contribution is 2.54. The van der Waals surface area contributed by atoms with E-state index < -0.39 is 79.0 Å². The summed E-state index contributed by atoms with van der Waals surface area (Å²) in [4.78, 5) is 12.7. The minimum atomic E-state index is -4.96. The molecular formula is C43H55I3N2O14S4. The van der Waals surface area contributed by atoms with E-state index in [0.717, 1.165) is 40.1 Å². The molecule has 0 saturated carbocycles. The molecule has 2 aliphatic rings. The Morgan fingerprint density at radius 3 is 2.00 bits per heavy atom. The van der Waals surface area contributed by atoms with Crippen LogP contribution in [0.1, 0.15) is 109 Å². The number of carboxylic acids is 1. The Balaban J connectivity index is 1.82. The lowest BCUT2D eigenvalue weighted by Crippen LogP contribution is -2.37. The molecule has 0 radical (unpaired) electrons. The maximum atomic E-state index is 13.1. The average Bonchev–Trinajstić information content (AvgIpc) is 3.56. The number of carboxylic acid groups (broad SMARTS) is 1. The maximum Gasteiger partial charge on any atom is 0.329 e. The highest BCUT2D eigenvalue weighted by molar-refractivity contribution is 14.1. The highest BCUT2D eigenvalue weighted by atomic mass is 127. The number of nitrogens with zero attached hydrogens (tertiary/aromatic N) is 2. The fraction of sp³-hybridized carbons (Fsp3) is 0.488. The standard InChI is InChI=1S/C43H55I3N2O14S4/c1-4-5-19-37(66(60,61)62)48-33-22-21-30(65(57,58)59)28-31(33)42(2,23-14-15-26-63(51,52)53)36(48)18-11-8-6-7-10-17-35-43(3,24-13-9-12-20-38(49)50)39-34(29-32(44)40(45)41(39)46)47(35)25-16-27-64(54,55)56/h6-8,10-11,17-18,21-22,28-29,37H,4-5,9,12-16,19-20,23-27H2,1-3H3,(H4-,49,50,51,52,53,54,55,56,57,58,59,60,61,62). The normalized spacial score (nSPS) is 20.4. The Morgan fingerprint density at radius 2 is 1.39 bits per heavy atom. The highest BCUT2D eigenvalue weighted by Gasteiger charge is 2.52. The summed E-state index contributed by atoms with van der Waals surface area (Å²) in [7, 11) is -18.3. The van der Waals surface area contributed by atoms with E-state index in [4.69, 9.17) is 0 Å². The van der Waals surface area contributed by atoms with Gasteiger partial charge in [-0.1, -0.05) is 63.0 Å². The maximum absolute atomic E-state index is 13.1. The number of hydrogen-bond acceptors (Lipinski definition) is 11. The van der Waals surface area contributed by atoms with Gasteiger partial charge in [0.2, 0.25) is 5.69 Å². The molecule has 3 unspecified atom stereocenters. The summed E-state index contributed by atoms with van der Waals surface area (Å²) in [5.41, 5.74) is 1.95. The second kappa shape index (κ2) is 23.4. The molecule has 66 heavy (non-hydrogen) atoms. The smallest absolute Gasteiger partial charge is 0.329 e. The van der Waals surface area contributed by atoms with Crippen molar-refractivity contribution in [3.05, 3.63) is 94.3 Å². The van der Waals surface area contributed by atoms with Crippen LogP contribution in [0, 0.1) is 10.7 Å². The molecular weight excluding hydrogens is 1280 g/mol. The summed E-state index contributed by atoms with van der Waals surface area (Å²) >= 11 is 6.91. The van der Waals surface area contributed by atoms with Crippen LogP contribution in [0.25, 0.3) is 0 Å². The number of unbranched alkanes of at least 4 members (excludes halogenated alkanes) is 4. The van der Waals surface area contributed by atoms with Crippen molar-refractivity contribution in [2.24, 2.45) is 0 Å². The second-order valence-electron chi connectivity index (χ2n) is 16.7. The average molecular weight is 1330 g/mol. The first-order valence-corrected chi connectivity index (χ1v) is 30.5. The molecule has 4 N–H and O–H groups in total. The molecule has 366 valence electrons. The molecule has 0 spiro atoms. The summed E-state index contributed by atoms with van der Waals surface area (Å²) < 4.78 is 144. The van der Waals surface area contributed by atoms with Gasteiger partial charge in [0, 0.05) is 70.2 Å². The Labute approximate surface area is 429 Å². The molecule has 16 nitrogen and oxygen atoms in total. The quantitative estimate of drug-likeness (QED) is 0.0181. The Kier molecular flexibility index (Phi) is 20.1. The number of rotatable bonds is 25. The van der Waals surface area contributed by atoms with Gasteiger partial charge in [-0.3, -0.25) is 18.5 Å². The molecule has 2 heterocycles. The van der Waals surface area contributed by atoms with Gasteiger partial charge in [0.15, 0.2) is 5.71 Å². The Hall–Kier alpha value is -1.83. The predicted octanol–water partition coefficient (Wildman–Crippen LogP) is 8.87. The molecule has 3 atom stereocenters. The predicted molar refractivity (Wildman–Crippen MR) is 278 cm³/mol. The summed E-state index contributed by atoms with van der Waals surface area (Å²) in [6, 6.07) is 5.64. The van der Waals surface area contributed by atoms with Crippen LogP contribution in [0.15, 0.2) is 77.4 Å². The van der Waals surface area contributed by atoms with E-state index in [1.165, 1.54) is 16.7 Å². The van der Waals surface area contributed by atoms with Crippen molar-refractivity contribution in [2.45, 2.75) is 119 Å². The minimum absolute atomic E-state index is 0.00486. The van der Waals surface area contributed by atoms with Gasteiger partial charge in [-0.15, -0.1) is 0 Å².